The van der Waals surface area contributed by atoms with E-state index >= 15 is 0 Å². The van der Waals surface area contributed by atoms with Crippen molar-refractivity contribution in [1.29, 1.82) is 0 Å². The molecule has 2 aliphatic rings. The SMILES string of the molecule is CCCc1noc(CCCC(=O)NC2CC3CCC(C2)N3)n1.Cl. The molecule has 2 aliphatic heterocycles. The first-order valence-corrected chi connectivity index (χ1v) is 8.59. The fourth-order valence-electron chi connectivity index (χ4n) is 3.59. The number of piperidine rings is 1. The topological polar surface area (TPSA) is 80.0 Å². The standard InChI is InChI=1S/C16H26N4O2.ClH/c1-2-4-14-19-16(22-20-14)6-3-5-15(21)18-13-9-11-7-8-12(10-13)17-11;/h11-13,17H,2-10H2,1H3,(H,18,21);1H. The summed E-state index contributed by atoms with van der Waals surface area (Å²) in [6, 6.07) is 1.57. The first-order valence-electron chi connectivity index (χ1n) is 8.59. The van der Waals surface area contributed by atoms with Crippen LogP contribution < -0.4 is 10.6 Å². The molecule has 7 heteroatoms. The molecule has 0 saturated carbocycles. The fourth-order valence-corrected chi connectivity index (χ4v) is 3.59. The number of fused-ring (bicyclic) bond motifs is 2. The lowest BCUT2D eigenvalue weighted by Crippen LogP contribution is -2.48. The lowest BCUT2D eigenvalue weighted by Gasteiger charge is -2.29. The third-order valence-corrected chi connectivity index (χ3v) is 4.62. The highest BCUT2D eigenvalue weighted by molar-refractivity contribution is 5.85. The van der Waals surface area contributed by atoms with E-state index in [0.29, 0.717) is 36.9 Å². The van der Waals surface area contributed by atoms with Gasteiger partial charge in [-0.2, -0.15) is 4.98 Å². The van der Waals surface area contributed by atoms with Gasteiger partial charge in [-0.3, -0.25) is 4.79 Å². The number of amides is 1. The number of nitrogens with one attached hydrogen (secondary N) is 2. The van der Waals surface area contributed by atoms with Crippen molar-refractivity contribution in [2.45, 2.75) is 82.8 Å². The van der Waals surface area contributed by atoms with E-state index in [2.05, 4.69) is 27.7 Å². The van der Waals surface area contributed by atoms with Gasteiger partial charge < -0.3 is 15.2 Å². The van der Waals surface area contributed by atoms with Crippen molar-refractivity contribution in [3.05, 3.63) is 11.7 Å². The van der Waals surface area contributed by atoms with Crippen molar-refractivity contribution in [3.8, 4) is 0 Å². The molecule has 2 atom stereocenters. The number of hydrogen-bond acceptors (Lipinski definition) is 5. The van der Waals surface area contributed by atoms with E-state index in [1.807, 2.05) is 0 Å². The van der Waals surface area contributed by atoms with Crippen LogP contribution in [0.2, 0.25) is 0 Å². The minimum absolute atomic E-state index is 0. The van der Waals surface area contributed by atoms with Crippen molar-refractivity contribution >= 4 is 18.3 Å². The molecule has 2 saturated heterocycles. The average molecular weight is 343 g/mol. The molecule has 1 aromatic rings. The average Bonchev–Trinajstić information content (AvgIpc) is 3.06. The molecule has 0 aliphatic carbocycles. The molecule has 0 spiro atoms. The summed E-state index contributed by atoms with van der Waals surface area (Å²) >= 11 is 0. The van der Waals surface area contributed by atoms with Crippen LogP contribution in [0, 0.1) is 0 Å². The van der Waals surface area contributed by atoms with Gasteiger partial charge in [-0.15, -0.1) is 12.4 Å². The maximum atomic E-state index is 12.0. The summed E-state index contributed by atoms with van der Waals surface area (Å²) < 4.78 is 5.18. The number of hydrogen-bond donors (Lipinski definition) is 2. The summed E-state index contributed by atoms with van der Waals surface area (Å²) in [6.07, 6.45) is 8.51. The predicted molar refractivity (Wildman–Crippen MR) is 89.6 cm³/mol. The number of halogens is 1. The molecule has 6 nitrogen and oxygen atoms in total. The van der Waals surface area contributed by atoms with Gasteiger partial charge >= 0.3 is 0 Å². The Hall–Kier alpha value is -1.14. The maximum Gasteiger partial charge on any atom is 0.226 e. The second kappa shape index (κ2) is 8.64. The summed E-state index contributed by atoms with van der Waals surface area (Å²) in [5.41, 5.74) is 0. The Bertz CT molecular complexity index is 496. The zero-order chi connectivity index (χ0) is 15.4. The largest absolute Gasteiger partial charge is 0.353 e. The highest BCUT2D eigenvalue weighted by Crippen LogP contribution is 2.26. The third kappa shape index (κ3) is 5.18. The smallest absolute Gasteiger partial charge is 0.226 e. The van der Waals surface area contributed by atoms with Crippen LogP contribution in [0.1, 0.15) is 63.6 Å². The quantitative estimate of drug-likeness (QED) is 0.793. The molecule has 2 N–H and O–H groups in total. The second-order valence-electron chi connectivity index (χ2n) is 6.58. The van der Waals surface area contributed by atoms with E-state index in [9.17, 15) is 4.79 Å². The number of nitrogens with zero attached hydrogens (tertiary/aromatic N) is 2. The first-order chi connectivity index (χ1) is 10.7. The summed E-state index contributed by atoms with van der Waals surface area (Å²) in [6.45, 7) is 2.09. The number of carbonyl (C=O) groups excluding carboxylic acids is 1. The van der Waals surface area contributed by atoms with Gasteiger partial charge in [0.25, 0.3) is 0 Å². The Labute approximate surface area is 143 Å². The van der Waals surface area contributed by atoms with Crippen LogP contribution in [0.25, 0.3) is 0 Å². The van der Waals surface area contributed by atoms with Crippen LogP contribution in [0.5, 0.6) is 0 Å². The number of aromatic nitrogens is 2. The van der Waals surface area contributed by atoms with Crippen molar-refractivity contribution < 1.29 is 9.32 Å². The van der Waals surface area contributed by atoms with Gasteiger partial charge in [0.15, 0.2) is 5.82 Å². The Morgan fingerprint density at radius 3 is 2.74 bits per heavy atom. The molecular formula is C16H27ClN4O2. The Kier molecular flexibility index (Phi) is 6.84. The van der Waals surface area contributed by atoms with Gasteiger partial charge in [0.1, 0.15) is 0 Å². The van der Waals surface area contributed by atoms with Crippen molar-refractivity contribution in [2.24, 2.45) is 0 Å². The molecule has 2 bridgehead atoms. The molecule has 2 fully saturated rings. The molecular weight excluding hydrogens is 316 g/mol. The van der Waals surface area contributed by atoms with Gasteiger partial charge in [-0.25, -0.2) is 0 Å². The number of rotatable bonds is 7. The molecule has 23 heavy (non-hydrogen) atoms. The predicted octanol–water partition coefficient (Wildman–Crippen LogP) is 2.17. The highest BCUT2D eigenvalue weighted by Gasteiger charge is 2.33. The summed E-state index contributed by atoms with van der Waals surface area (Å²) in [7, 11) is 0. The van der Waals surface area contributed by atoms with Crippen molar-refractivity contribution in [3.63, 3.8) is 0 Å². The second-order valence-corrected chi connectivity index (χ2v) is 6.58. The van der Waals surface area contributed by atoms with Gasteiger partial charge in [-0.1, -0.05) is 12.1 Å². The molecule has 0 radical (unpaired) electrons. The lowest BCUT2D eigenvalue weighted by atomic mass is 9.99. The number of aryl methyl sites for hydroxylation is 2. The van der Waals surface area contributed by atoms with Crippen LogP contribution in [0.15, 0.2) is 4.52 Å². The van der Waals surface area contributed by atoms with Gasteiger partial charge in [0.2, 0.25) is 11.8 Å². The van der Waals surface area contributed by atoms with E-state index in [1.165, 1.54) is 12.8 Å². The van der Waals surface area contributed by atoms with Gasteiger partial charge in [0, 0.05) is 37.4 Å². The molecule has 3 heterocycles. The summed E-state index contributed by atoms with van der Waals surface area (Å²) in [4.78, 5) is 16.4. The highest BCUT2D eigenvalue weighted by atomic mass is 35.5. The van der Waals surface area contributed by atoms with E-state index in [0.717, 1.165) is 37.9 Å². The Morgan fingerprint density at radius 2 is 2.04 bits per heavy atom. The molecule has 3 rings (SSSR count). The van der Waals surface area contributed by atoms with Crippen LogP contribution >= 0.6 is 12.4 Å². The zero-order valence-electron chi connectivity index (χ0n) is 13.7. The summed E-state index contributed by atoms with van der Waals surface area (Å²) in [5, 5.41) is 10.7. The van der Waals surface area contributed by atoms with E-state index in [-0.39, 0.29) is 18.3 Å². The zero-order valence-corrected chi connectivity index (χ0v) is 14.5. The van der Waals surface area contributed by atoms with Crippen LogP contribution in [-0.2, 0) is 17.6 Å². The van der Waals surface area contributed by atoms with Gasteiger partial charge in [0.05, 0.1) is 0 Å². The maximum absolute atomic E-state index is 12.0. The molecule has 1 aromatic heterocycles. The first kappa shape index (κ1) is 18.2. The normalized spacial score (nSPS) is 25.9. The summed E-state index contributed by atoms with van der Waals surface area (Å²) in [5.74, 6) is 1.57. The Balaban J connectivity index is 0.00000192. The molecule has 2 unspecified atom stereocenters. The fraction of sp³-hybridized carbons (Fsp3) is 0.812. The number of carbonyl (C=O) groups is 1. The monoisotopic (exact) mass is 342 g/mol. The minimum Gasteiger partial charge on any atom is -0.353 e. The van der Waals surface area contributed by atoms with Gasteiger partial charge in [-0.05, 0) is 38.5 Å². The molecule has 1 amide bonds. The van der Waals surface area contributed by atoms with Crippen LogP contribution in [0.4, 0.5) is 0 Å². The van der Waals surface area contributed by atoms with E-state index in [1.54, 1.807) is 0 Å². The Morgan fingerprint density at radius 1 is 1.30 bits per heavy atom. The molecule has 0 aromatic carbocycles. The van der Waals surface area contributed by atoms with Crippen molar-refractivity contribution in [2.75, 3.05) is 0 Å². The minimum atomic E-state index is 0. The van der Waals surface area contributed by atoms with E-state index in [4.69, 9.17) is 4.52 Å². The third-order valence-electron chi connectivity index (χ3n) is 4.62. The molecule has 130 valence electrons. The van der Waals surface area contributed by atoms with Crippen LogP contribution in [-0.4, -0.2) is 34.2 Å². The van der Waals surface area contributed by atoms with Crippen LogP contribution in [0.3, 0.4) is 0 Å². The van der Waals surface area contributed by atoms with Crippen molar-refractivity contribution in [1.82, 2.24) is 20.8 Å². The lowest BCUT2D eigenvalue weighted by molar-refractivity contribution is -0.122. The van der Waals surface area contributed by atoms with E-state index < -0.39 is 0 Å².